The molecule has 2 aromatic heterocycles. The Morgan fingerprint density at radius 1 is 1.21 bits per heavy atom. The van der Waals surface area contributed by atoms with Crippen LogP contribution >= 0.6 is 11.6 Å². The highest BCUT2D eigenvalue weighted by Crippen LogP contribution is 2.38. The molecule has 1 aliphatic carbocycles. The number of hydrogen-bond donors (Lipinski definition) is 1. The minimum absolute atomic E-state index is 0.0342. The van der Waals surface area contributed by atoms with Crippen LogP contribution in [0.1, 0.15) is 36.2 Å². The van der Waals surface area contributed by atoms with E-state index in [0.717, 1.165) is 31.2 Å². The number of furan rings is 1. The standard InChI is InChI=1S/C24H26ClN3O5/c25-16-12-28(22-19(30)13-32-23(16)22)17-6-2-1-5-15(17)18(29)11-27-24(31)21-8-7-20(33-21)14-4-3-9-26-10-14/h3-4,7-10,15-17,22-23H,1-2,5-6,11-13H2,(H,27,31)/t15?,16-,17?,22+,23+/m0/s1. The van der Waals surface area contributed by atoms with Crippen LogP contribution in [-0.4, -0.2) is 70.6 Å². The molecule has 8 nitrogen and oxygen atoms in total. The Labute approximate surface area is 196 Å². The van der Waals surface area contributed by atoms with Gasteiger partial charge in [-0.1, -0.05) is 12.8 Å². The van der Waals surface area contributed by atoms with Crippen LogP contribution in [0.4, 0.5) is 0 Å². The van der Waals surface area contributed by atoms with Gasteiger partial charge in [-0.05, 0) is 37.1 Å². The second-order valence-corrected chi connectivity index (χ2v) is 9.47. The Morgan fingerprint density at radius 3 is 2.88 bits per heavy atom. The number of likely N-dealkylation sites (tertiary alicyclic amines) is 1. The third-order valence-electron chi connectivity index (χ3n) is 6.93. The molecule has 2 unspecified atom stereocenters. The first-order valence-electron chi connectivity index (χ1n) is 11.4. The normalized spacial score (nSPS) is 29.7. The number of hydrogen-bond acceptors (Lipinski definition) is 7. The molecule has 0 aromatic carbocycles. The Morgan fingerprint density at radius 2 is 2.06 bits per heavy atom. The molecule has 2 saturated heterocycles. The van der Waals surface area contributed by atoms with E-state index in [9.17, 15) is 14.4 Å². The maximum Gasteiger partial charge on any atom is 0.287 e. The summed E-state index contributed by atoms with van der Waals surface area (Å²) in [4.78, 5) is 44.3. The lowest BCUT2D eigenvalue weighted by atomic mass is 9.80. The largest absolute Gasteiger partial charge is 0.451 e. The first-order valence-corrected chi connectivity index (χ1v) is 11.8. The number of carbonyl (C=O) groups is 3. The summed E-state index contributed by atoms with van der Waals surface area (Å²) in [6, 6.07) is 6.49. The SMILES string of the molecule is O=C(NCC(=O)C1CCCCC1N1C[C@H](Cl)[C@H]2OCC(=O)[C@H]21)c1ccc(-c2cccnc2)o1. The van der Waals surface area contributed by atoms with Crippen molar-refractivity contribution in [3.05, 3.63) is 42.4 Å². The summed E-state index contributed by atoms with van der Waals surface area (Å²) in [7, 11) is 0. The molecule has 3 fully saturated rings. The van der Waals surface area contributed by atoms with E-state index in [4.69, 9.17) is 20.8 Å². The van der Waals surface area contributed by atoms with Gasteiger partial charge in [-0.25, -0.2) is 0 Å². The Bertz CT molecular complexity index is 1040. The second-order valence-electron chi connectivity index (χ2n) is 8.91. The van der Waals surface area contributed by atoms with Gasteiger partial charge in [-0.2, -0.15) is 0 Å². The Balaban J connectivity index is 1.23. The molecule has 1 N–H and O–H groups in total. The summed E-state index contributed by atoms with van der Waals surface area (Å²) < 4.78 is 11.2. The van der Waals surface area contributed by atoms with E-state index in [1.54, 1.807) is 30.6 Å². The summed E-state index contributed by atoms with van der Waals surface area (Å²) in [5.74, 6) is -0.00843. The van der Waals surface area contributed by atoms with Crippen LogP contribution in [0.25, 0.3) is 11.3 Å². The van der Waals surface area contributed by atoms with E-state index in [2.05, 4.69) is 15.2 Å². The zero-order valence-electron chi connectivity index (χ0n) is 18.1. The van der Waals surface area contributed by atoms with E-state index >= 15 is 0 Å². The lowest BCUT2D eigenvalue weighted by Gasteiger charge is -2.39. The van der Waals surface area contributed by atoms with Crippen LogP contribution < -0.4 is 5.32 Å². The van der Waals surface area contributed by atoms with Gasteiger partial charge in [0.05, 0.1) is 24.1 Å². The molecule has 0 radical (unpaired) electrons. The summed E-state index contributed by atoms with van der Waals surface area (Å²) in [6.45, 7) is 0.535. The lowest BCUT2D eigenvalue weighted by Crippen LogP contribution is -2.52. The zero-order chi connectivity index (χ0) is 22.9. The molecule has 3 aliphatic rings. The van der Waals surface area contributed by atoms with E-state index < -0.39 is 5.91 Å². The number of amides is 1. The first-order chi connectivity index (χ1) is 16.0. The topological polar surface area (TPSA) is 102 Å². The number of ether oxygens (including phenoxy) is 1. The molecule has 9 heteroatoms. The minimum atomic E-state index is -0.438. The maximum atomic E-state index is 13.2. The van der Waals surface area contributed by atoms with E-state index in [1.807, 2.05) is 6.07 Å². The van der Waals surface area contributed by atoms with E-state index in [1.165, 1.54) is 0 Å². The number of halogens is 1. The van der Waals surface area contributed by atoms with Gasteiger partial charge in [-0.3, -0.25) is 24.3 Å². The van der Waals surface area contributed by atoms with Crippen LogP contribution in [0, 0.1) is 5.92 Å². The first kappa shape index (κ1) is 22.3. The maximum absolute atomic E-state index is 13.2. The molecule has 174 valence electrons. The van der Waals surface area contributed by atoms with Crippen molar-refractivity contribution in [2.75, 3.05) is 19.7 Å². The monoisotopic (exact) mass is 471 g/mol. The highest BCUT2D eigenvalue weighted by molar-refractivity contribution is 6.22. The molecular weight excluding hydrogens is 446 g/mol. The number of alkyl halides is 1. The van der Waals surface area contributed by atoms with Crippen LogP contribution in [0.15, 0.2) is 41.1 Å². The van der Waals surface area contributed by atoms with Crippen molar-refractivity contribution in [1.82, 2.24) is 15.2 Å². The summed E-state index contributed by atoms with van der Waals surface area (Å²) >= 11 is 6.46. The number of Topliss-reactive ketones (excluding diaryl/α,β-unsaturated/α-hetero) is 2. The smallest absolute Gasteiger partial charge is 0.287 e. The molecule has 5 rings (SSSR count). The molecule has 0 bridgehead atoms. The van der Waals surface area contributed by atoms with E-state index in [-0.39, 0.29) is 60.0 Å². The number of nitrogens with one attached hydrogen (secondary N) is 1. The highest BCUT2D eigenvalue weighted by atomic mass is 35.5. The number of ketones is 2. The van der Waals surface area contributed by atoms with Crippen molar-refractivity contribution < 1.29 is 23.5 Å². The van der Waals surface area contributed by atoms with Gasteiger partial charge < -0.3 is 14.5 Å². The van der Waals surface area contributed by atoms with Gasteiger partial charge in [0.25, 0.3) is 5.91 Å². The average molecular weight is 472 g/mol. The quantitative estimate of drug-likeness (QED) is 0.645. The Kier molecular flexibility index (Phi) is 6.32. The van der Waals surface area contributed by atoms with Crippen LogP contribution in [0.2, 0.25) is 0 Å². The van der Waals surface area contributed by atoms with Crippen LogP contribution in [-0.2, 0) is 14.3 Å². The van der Waals surface area contributed by atoms with E-state index in [0.29, 0.717) is 12.3 Å². The highest BCUT2D eigenvalue weighted by Gasteiger charge is 2.53. The lowest BCUT2D eigenvalue weighted by molar-refractivity contribution is -0.128. The van der Waals surface area contributed by atoms with Crippen molar-refractivity contribution in [2.24, 2.45) is 5.92 Å². The predicted octanol–water partition coefficient (Wildman–Crippen LogP) is 2.46. The fourth-order valence-electron chi connectivity index (χ4n) is 5.37. The van der Waals surface area contributed by atoms with Gasteiger partial charge in [0.1, 0.15) is 12.4 Å². The minimum Gasteiger partial charge on any atom is -0.451 e. The molecule has 33 heavy (non-hydrogen) atoms. The zero-order valence-corrected chi connectivity index (χ0v) is 18.9. The number of nitrogens with zero attached hydrogens (tertiary/aromatic N) is 2. The third kappa shape index (κ3) is 4.35. The van der Waals surface area contributed by atoms with Gasteiger partial charge in [0.15, 0.2) is 17.3 Å². The molecule has 2 aromatic rings. The predicted molar refractivity (Wildman–Crippen MR) is 120 cm³/mol. The molecular formula is C24H26ClN3O5. The van der Waals surface area contributed by atoms with Crippen molar-refractivity contribution in [3.8, 4) is 11.3 Å². The van der Waals surface area contributed by atoms with Crippen molar-refractivity contribution in [3.63, 3.8) is 0 Å². The number of carbonyl (C=O) groups excluding carboxylic acids is 3. The fourth-order valence-corrected chi connectivity index (χ4v) is 5.74. The van der Waals surface area contributed by atoms with Crippen LogP contribution in [0.5, 0.6) is 0 Å². The number of fused-ring (bicyclic) bond motifs is 1. The summed E-state index contributed by atoms with van der Waals surface area (Å²) in [5, 5.41) is 2.44. The summed E-state index contributed by atoms with van der Waals surface area (Å²) in [5.41, 5.74) is 0.768. The molecule has 5 atom stereocenters. The molecule has 0 spiro atoms. The van der Waals surface area contributed by atoms with Gasteiger partial charge in [0.2, 0.25) is 0 Å². The van der Waals surface area contributed by atoms with Crippen LogP contribution in [0.3, 0.4) is 0 Å². The van der Waals surface area contributed by atoms with Crippen molar-refractivity contribution in [1.29, 1.82) is 0 Å². The van der Waals surface area contributed by atoms with Gasteiger partial charge in [0, 0.05) is 36.5 Å². The fraction of sp³-hybridized carbons (Fsp3) is 0.500. The molecule has 2 aliphatic heterocycles. The van der Waals surface area contributed by atoms with Gasteiger partial charge in [-0.15, -0.1) is 11.6 Å². The number of rotatable bonds is 6. The average Bonchev–Trinajstić information content (AvgIpc) is 3.56. The third-order valence-corrected chi connectivity index (χ3v) is 7.31. The van der Waals surface area contributed by atoms with Crippen molar-refractivity contribution in [2.45, 2.75) is 49.2 Å². The van der Waals surface area contributed by atoms with Gasteiger partial charge >= 0.3 is 0 Å². The number of pyridine rings is 1. The second kappa shape index (κ2) is 9.37. The molecule has 1 saturated carbocycles. The van der Waals surface area contributed by atoms with Crippen molar-refractivity contribution >= 4 is 29.1 Å². The summed E-state index contributed by atoms with van der Waals surface area (Å²) in [6.07, 6.45) is 6.53. The number of aromatic nitrogens is 1. The Hall–Kier alpha value is -2.55. The molecule has 1 amide bonds. The molecule has 4 heterocycles.